The van der Waals surface area contributed by atoms with Gasteiger partial charge in [-0.05, 0) is 44.5 Å². The largest absolute Gasteiger partial charge is 0.468 e. The summed E-state index contributed by atoms with van der Waals surface area (Å²) in [4.78, 5) is 2.54. The van der Waals surface area contributed by atoms with Gasteiger partial charge in [-0.2, -0.15) is 0 Å². The molecule has 0 unspecified atom stereocenters. The fourth-order valence-electron chi connectivity index (χ4n) is 2.38. The summed E-state index contributed by atoms with van der Waals surface area (Å²) >= 11 is 0. The Bertz CT molecular complexity index is 347. The topological polar surface area (TPSA) is 28.4 Å². The van der Waals surface area contributed by atoms with E-state index in [0.29, 0.717) is 5.41 Å². The van der Waals surface area contributed by atoms with Crippen LogP contribution in [-0.4, -0.2) is 25.0 Å². The molecule has 3 nitrogen and oxygen atoms in total. The van der Waals surface area contributed by atoms with Crippen molar-refractivity contribution in [3.63, 3.8) is 0 Å². The van der Waals surface area contributed by atoms with Gasteiger partial charge in [0, 0.05) is 12.1 Å². The van der Waals surface area contributed by atoms with Crippen molar-refractivity contribution in [1.29, 1.82) is 0 Å². The van der Waals surface area contributed by atoms with E-state index in [2.05, 4.69) is 30.1 Å². The van der Waals surface area contributed by atoms with E-state index in [1.807, 2.05) is 7.05 Å². The lowest BCUT2D eigenvalue weighted by Gasteiger charge is -2.36. The molecule has 0 bridgehead atoms. The highest BCUT2D eigenvalue weighted by atomic mass is 16.3. The van der Waals surface area contributed by atoms with Crippen molar-refractivity contribution in [2.45, 2.75) is 39.8 Å². The summed E-state index contributed by atoms with van der Waals surface area (Å²) in [5.41, 5.74) is 1.86. The Morgan fingerprint density at radius 2 is 2.06 bits per heavy atom. The smallest absolute Gasteiger partial charge is 0.122 e. The molecular formula is C14H24N2O. The predicted octanol–water partition coefficient (Wildman–Crippen LogP) is 2.62. The van der Waals surface area contributed by atoms with Crippen LogP contribution in [0.3, 0.4) is 0 Å². The molecular weight excluding hydrogens is 212 g/mol. The number of nitrogens with one attached hydrogen (secondary N) is 1. The molecule has 0 atom stereocenters. The average molecular weight is 236 g/mol. The normalized spacial score (nSPS) is 20.6. The van der Waals surface area contributed by atoms with Gasteiger partial charge < -0.3 is 9.73 Å². The van der Waals surface area contributed by atoms with Crippen molar-refractivity contribution in [2.24, 2.45) is 5.41 Å². The average Bonchev–Trinajstić information content (AvgIpc) is 2.70. The van der Waals surface area contributed by atoms with Crippen molar-refractivity contribution in [1.82, 2.24) is 10.2 Å². The van der Waals surface area contributed by atoms with Crippen LogP contribution in [0.2, 0.25) is 0 Å². The lowest BCUT2D eigenvalue weighted by Crippen LogP contribution is -2.36. The second-order valence-corrected chi connectivity index (χ2v) is 5.84. The van der Waals surface area contributed by atoms with Gasteiger partial charge in [0.1, 0.15) is 5.76 Å². The van der Waals surface area contributed by atoms with E-state index >= 15 is 0 Å². The van der Waals surface area contributed by atoms with Crippen LogP contribution in [-0.2, 0) is 13.1 Å². The molecule has 17 heavy (non-hydrogen) atoms. The Hall–Kier alpha value is -0.800. The number of hydrogen-bond donors (Lipinski definition) is 1. The van der Waals surface area contributed by atoms with Crippen molar-refractivity contribution < 1.29 is 4.42 Å². The molecule has 1 N–H and O–H groups in total. The van der Waals surface area contributed by atoms with Crippen LogP contribution >= 0.6 is 0 Å². The number of nitrogens with zero attached hydrogens (tertiary/aromatic N) is 1. The van der Waals surface area contributed by atoms with E-state index in [4.69, 9.17) is 4.42 Å². The van der Waals surface area contributed by atoms with E-state index < -0.39 is 0 Å². The van der Waals surface area contributed by atoms with Gasteiger partial charge in [0.2, 0.25) is 0 Å². The first-order chi connectivity index (χ1) is 8.11. The third-order valence-corrected chi connectivity index (χ3v) is 3.78. The maximum absolute atomic E-state index is 5.50. The quantitative estimate of drug-likeness (QED) is 0.871. The Balaban J connectivity index is 1.91. The molecule has 2 rings (SSSR count). The SMILES string of the molecule is CNCc1occc1CN1CCC(C)(C)CC1. The minimum Gasteiger partial charge on any atom is -0.468 e. The van der Waals surface area contributed by atoms with Crippen molar-refractivity contribution in [3.8, 4) is 0 Å². The van der Waals surface area contributed by atoms with Crippen LogP contribution in [0, 0.1) is 5.41 Å². The van der Waals surface area contributed by atoms with E-state index in [9.17, 15) is 0 Å². The van der Waals surface area contributed by atoms with Crippen molar-refractivity contribution in [3.05, 3.63) is 23.7 Å². The highest BCUT2D eigenvalue weighted by Crippen LogP contribution is 2.30. The number of piperidine rings is 1. The van der Waals surface area contributed by atoms with Gasteiger partial charge in [-0.1, -0.05) is 13.8 Å². The molecule has 1 aliphatic rings. The highest BCUT2D eigenvalue weighted by Gasteiger charge is 2.25. The van der Waals surface area contributed by atoms with E-state index in [-0.39, 0.29) is 0 Å². The van der Waals surface area contributed by atoms with E-state index in [0.717, 1.165) is 18.8 Å². The van der Waals surface area contributed by atoms with Crippen LogP contribution < -0.4 is 5.32 Å². The predicted molar refractivity (Wildman–Crippen MR) is 69.8 cm³/mol. The van der Waals surface area contributed by atoms with Gasteiger partial charge in [-0.3, -0.25) is 4.90 Å². The Morgan fingerprint density at radius 1 is 1.35 bits per heavy atom. The van der Waals surface area contributed by atoms with Gasteiger partial charge in [0.25, 0.3) is 0 Å². The van der Waals surface area contributed by atoms with Crippen LogP contribution in [0.5, 0.6) is 0 Å². The molecule has 0 amide bonds. The molecule has 0 radical (unpaired) electrons. The first-order valence-electron chi connectivity index (χ1n) is 6.53. The molecule has 0 saturated carbocycles. The van der Waals surface area contributed by atoms with Crippen molar-refractivity contribution >= 4 is 0 Å². The van der Waals surface area contributed by atoms with Gasteiger partial charge in [0.15, 0.2) is 0 Å². The number of hydrogen-bond acceptors (Lipinski definition) is 3. The second kappa shape index (κ2) is 5.23. The van der Waals surface area contributed by atoms with E-state index in [1.165, 1.54) is 31.5 Å². The molecule has 1 fully saturated rings. The molecule has 0 aliphatic carbocycles. The van der Waals surface area contributed by atoms with Crippen LogP contribution in [0.15, 0.2) is 16.7 Å². The molecule has 0 aromatic carbocycles. The molecule has 1 saturated heterocycles. The third-order valence-electron chi connectivity index (χ3n) is 3.78. The van der Waals surface area contributed by atoms with Crippen LogP contribution in [0.25, 0.3) is 0 Å². The van der Waals surface area contributed by atoms with Crippen LogP contribution in [0.1, 0.15) is 38.0 Å². The minimum absolute atomic E-state index is 0.528. The number of furan rings is 1. The van der Waals surface area contributed by atoms with Crippen LogP contribution in [0.4, 0.5) is 0 Å². The maximum Gasteiger partial charge on any atom is 0.122 e. The summed E-state index contributed by atoms with van der Waals surface area (Å²) < 4.78 is 5.50. The van der Waals surface area contributed by atoms with Gasteiger partial charge in [-0.25, -0.2) is 0 Å². The van der Waals surface area contributed by atoms with Gasteiger partial charge in [0.05, 0.1) is 12.8 Å². The summed E-state index contributed by atoms with van der Waals surface area (Å²) in [6.07, 6.45) is 4.40. The Kier molecular flexibility index (Phi) is 3.89. The molecule has 2 heterocycles. The molecule has 96 valence electrons. The molecule has 3 heteroatoms. The summed E-state index contributed by atoms with van der Waals surface area (Å²) in [7, 11) is 1.95. The fourth-order valence-corrected chi connectivity index (χ4v) is 2.38. The highest BCUT2D eigenvalue weighted by molar-refractivity contribution is 5.16. The van der Waals surface area contributed by atoms with Gasteiger partial charge in [-0.15, -0.1) is 0 Å². The Labute approximate surface area is 104 Å². The fraction of sp³-hybridized carbons (Fsp3) is 0.714. The molecule has 1 aromatic heterocycles. The summed E-state index contributed by atoms with van der Waals surface area (Å²) in [6.45, 7) is 9.00. The maximum atomic E-state index is 5.50. The zero-order chi connectivity index (χ0) is 12.3. The summed E-state index contributed by atoms with van der Waals surface area (Å²) in [5.74, 6) is 1.08. The number of likely N-dealkylation sites (tertiary alicyclic amines) is 1. The standard InChI is InChI=1S/C14H24N2O/c1-14(2)5-7-16(8-6-14)11-12-4-9-17-13(12)10-15-3/h4,9,15H,5-8,10-11H2,1-3H3. The first-order valence-corrected chi connectivity index (χ1v) is 6.53. The lowest BCUT2D eigenvalue weighted by atomic mass is 9.82. The first kappa shape index (κ1) is 12.7. The van der Waals surface area contributed by atoms with Crippen molar-refractivity contribution in [2.75, 3.05) is 20.1 Å². The second-order valence-electron chi connectivity index (χ2n) is 5.84. The third kappa shape index (κ3) is 3.33. The zero-order valence-corrected chi connectivity index (χ0v) is 11.3. The summed E-state index contributed by atoms with van der Waals surface area (Å²) in [5, 5.41) is 3.15. The lowest BCUT2D eigenvalue weighted by molar-refractivity contribution is 0.126. The monoisotopic (exact) mass is 236 g/mol. The van der Waals surface area contributed by atoms with Gasteiger partial charge >= 0.3 is 0 Å². The van der Waals surface area contributed by atoms with E-state index in [1.54, 1.807) is 6.26 Å². The number of rotatable bonds is 4. The molecule has 1 aliphatic heterocycles. The summed E-state index contributed by atoms with van der Waals surface area (Å²) in [6, 6.07) is 2.10. The zero-order valence-electron chi connectivity index (χ0n) is 11.3. The molecule has 1 aromatic rings. The molecule has 0 spiro atoms. The minimum atomic E-state index is 0.528. The Morgan fingerprint density at radius 3 is 2.71 bits per heavy atom.